The molecular formula is C29H20N2O3S. The minimum absolute atomic E-state index is 0.221. The van der Waals surface area contributed by atoms with Crippen LogP contribution in [0.1, 0.15) is 26.3 Å². The molecule has 170 valence electrons. The number of fused-ring (bicyclic) bond motifs is 3. The van der Waals surface area contributed by atoms with Crippen LogP contribution in [0, 0.1) is 0 Å². The maximum Gasteiger partial charge on any atom is 0.262 e. The summed E-state index contributed by atoms with van der Waals surface area (Å²) in [5.41, 5.74) is 3.03. The lowest BCUT2D eigenvalue weighted by Crippen LogP contribution is -2.51. The zero-order valence-corrected chi connectivity index (χ0v) is 19.4. The molecule has 35 heavy (non-hydrogen) atoms. The topological polar surface area (TPSA) is 57.7 Å². The number of hydrogen-bond donors (Lipinski definition) is 0. The molecule has 0 bridgehead atoms. The van der Waals surface area contributed by atoms with E-state index in [0.29, 0.717) is 11.1 Å². The van der Waals surface area contributed by atoms with Crippen molar-refractivity contribution >= 4 is 40.9 Å². The monoisotopic (exact) mass is 476 g/mol. The molecule has 2 heterocycles. The first-order valence-electron chi connectivity index (χ1n) is 11.3. The first kappa shape index (κ1) is 21.4. The summed E-state index contributed by atoms with van der Waals surface area (Å²) in [7, 11) is 0. The van der Waals surface area contributed by atoms with Crippen molar-refractivity contribution in [3.05, 3.63) is 120 Å². The predicted molar refractivity (Wildman–Crippen MR) is 135 cm³/mol. The Bertz CT molecular complexity index is 1400. The molecule has 2 aliphatic heterocycles. The molecule has 0 radical (unpaired) electrons. The molecule has 0 fully saturated rings. The Morgan fingerprint density at radius 1 is 0.657 bits per heavy atom. The lowest BCUT2D eigenvalue weighted by atomic mass is 10.0. The van der Waals surface area contributed by atoms with Crippen molar-refractivity contribution in [3.8, 4) is 0 Å². The van der Waals surface area contributed by atoms with E-state index >= 15 is 0 Å². The number of para-hydroxylation sites is 2. The van der Waals surface area contributed by atoms with Crippen molar-refractivity contribution in [3.63, 3.8) is 0 Å². The summed E-state index contributed by atoms with van der Waals surface area (Å²) in [4.78, 5) is 46.0. The van der Waals surface area contributed by atoms with Crippen LogP contribution in [0.5, 0.6) is 0 Å². The van der Waals surface area contributed by atoms with Crippen molar-refractivity contribution in [1.82, 2.24) is 4.90 Å². The zero-order valence-electron chi connectivity index (χ0n) is 18.6. The summed E-state index contributed by atoms with van der Waals surface area (Å²) in [5.74, 6) is -1.19. The third-order valence-corrected chi connectivity index (χ3v) is 7.48. The normalized spacial score (nSPS) is 14.9. The Labute approximate surface area is 207 Å². The SMILES string of the molecule is O=C(C(Cc1ccccc1)N1C(=O)c2ccccc2C1=O)N1c2ccccc2Sc2ccccc21. The predicted octanol–water partition coefficient (Wildman–Crippen LogP) is 5.72. The Morgan fingerprint density at radius 3 is 1.71 bits per heavy atom. The van der Waals surface area contributed by atoms with Crippen LogP contribution in [-0.2, 0) is 11.2 Å². The summed E-state index contributed by atoms with van der Waals surface area (Å²) in [6.45, 7) is 0. The molecule has 2 aliphatic rings. The summed E-state index contributed by atoms with van der Waals surface area (Å²) < 4.78 is 0. The second-order valence-corrected chi connectivity index (χ2v) is 9.53. The van der Waals surface area contributed by atoms with Gasteiger partial charge in [0.25, 0.3) is 17.7 Å². The Hall–Kier alpha value is -4.16. The quantitative estimate of drug-likeness (QED) is 0.353. The van der Waals surface area contributed by atoms with Gasteiger partial charge in [0.15, 0.2) is 0 Å². The zero-order chi connectivity index (χ0) is 23.9. The van der Waals surface area contributed by atoms with Crippen LogP contribution in [0.15, 0.2) is 113 Å². The number of amides is 3. The standard InChI is InChI=1S/C29H20N2O3S/c32-27-20-12-4-5-13-21(20)28(33)31(27)24(18-19-10-2-1-3-11-19)29(34)30-22-14-6-8-16-25(22)35-26-17-9-7-15-23(26)30/h1-17,24H,18H2. The number of carbonyl (C=O) groups excluding carboxylic acids is 3. The number of carbonyl (C=O) groups is 3. The Morgan fingerprint density at radius 2 is 1.14 bits per heavy atom. The van der Waals surface area contributed by atoms with E-state index in [2.05, 4.69) is 0 Å². The van der Waals surface area contributed by atoms with Gasteiger partial charge in [0.2, 0.25) is 0 Å². The van der Waals surface area contributed by atoms with Gasteiger partial charge >= 0.3 is 0 Å². The van der Waals surface area contributed by atoms with Crippen LogP contribution in [0.2, 0.25) is 0 Å². The number of anilines is 2. The molecule has 0 saturated heterocycles. The van der Waals surface area contributed by atoms with Crippen molar-refractivity contribution in [2.75, 3.05) is 4.90 Å². The van der Waals surface area contributed by atoms with Gasteiger partial charge in [-0.2, -0.15) is 0 Å². The fourth-order valence-electron chi connectivity index (χ4n) is 4.71. The molecule has 6 rings (SSSR count). The molecule has 0 saturated carbocycles. The Balaban J connectivity index is 1.49. The van der Waals surface area contributed by atoms with Crippen LogP contribution < -0.4 is 4.90 Å². The van der Waals surface area contributed by atoms with E-state index in [9.17, 15) is 14.4 Å². The largest absolute Gasteiger partial charge is 0.277 e. The second kappa shape index (κ2) is 8.56. The minimum Gasteiger partial charge on any atom is -0.277 e. The van der Waals surface area contributed by atoms with Crippen molar-refractivity contribution in [2.45, 2.75) is 22.3 Å². The third-order valence-electron chi connectivity index (χ3n) is 6.35. The fraction of sp³-hybridized carbons (Fsp3) is 0.0690. The molecule has 0 aliphatic carbocycles. The van der Waals surface area contributed by atoms with E-state index in [-0.39, 0.29) is 12.3 Å². The molecule has 3 amide bonds. The third kappa shape index (κ3) is 3.54. The summed E-state index contributed by atoms with van der Waals surface area (Å²) in [6.07, 6.45) is 0.221. The number of rotatable bonds is 4. The molecule has 1 unspecified atom stereocenters. The highest BCUT2D eigenvalue weighted by atomic mass is 32.2. The van der Waals surface area contributed by atoms with Gasteiger partial charge in [0.05, 0.1) is 22.5 Å². The Kier molecular flexibility index (Phi) is 5.23. The van der Waals surface area contributed by atoms with Gasteiger partial charge in [-0.15, -0.1) is 0 Å². The first-order chi connectivity index (χ1) is 17.1. The number of imide groups is 1. The van der Waals surface area contributed by atoms with Crippen LogP contribution in [-0.4, -0.2) is 28.7 Å². The lowest BCUT2D eigenvalue weighted by molar-refractivity contribution is -0.121. The van der Waals surface area contributed by atoms with Gasteiger partial charge < -0.3 is 0 Å². The van der Waals surface area contributed by atoms with Crippen LogP contribution in [0.3, 0.4) is 0 Å². The molecule has 0 spiro atoms. The highest BCUT2D eigenvalue weighted by Crippen LogP contribution is 2.48. The van der Waals surface area contributed by atoms with Gasteiger partial charge in [0.1, 0.15) is 6.04 Å². The minimum atomic E-state index is -1.01. The van der Waals surface area contributed by atoms with Gasteiger partial charge in [-0.05, 0) is 42.0 Å². The van der Waals surface area contributed by atoms with Crippen LogP contribution in [0.25, 0.3) is 0 Å². The number of hydrogen-bond acceptors (Lipinski definition) is 4. The molecule has 0 aromatic heterocycles. The highest BCUT2D eigenvalue weighted by Gasteiger charge is 2.45. The average Bonchev–Trinajstić information content (AvgIpc) is 3.15. The fourth-order valence-corrected chi connectivity index (χ4v) is 5.77. The van der Waals surface area contributed by atoms with E-state index in [1.807, 2.05) is 78.9 Å². The van der Waals surface area contributed by atoms with Crippen LogP contribution in [0.4, 0.5) is 11.4 Å². The van der Waals surface area contributed by atoms with E-state index < -0.39 is 17.9 Å². The molecule has 5 nitrogen and oxygen atoms in total. The molecule has 4 aromatic carbocycles. The molecule has 1 atom stereocenters. The lowest BCUT2D eigenvalue weighted by Gasteiger charge is -2.35. The maximum absolute atomic E-state index is 14.4. The van der Waals surface area contributed by atoms with E-state index in [4.69, 9.17) is 0 Å². The molecule has 4 aromatic rings. The van der Waals surface area contributed by atoms with Gasteiger partial charge in [-0.1, -0.05) is 78.5 Å². The summed E-state index contributed by atoms with van der Waals surface area (Å²) in [5, 5.41) is 0. The molecule has 6 heteroatoms. The van der Waals surface area contributed by atoms with Gasteiger partial charge in [-0.3, -0.25) is 24.2 Å². The highest BCUT2D eigenvalue weighted by molar-refractivity contribution is 7.99. The first-order valence-corrected chi connectivity index (χ1v) is 12.2. The smallest absolute Gasteiger partial charge is 0.262 e. The van der Waals surface area contributed by atoms with Gasteiger partial charge in [-0.25, -0.2) is 0 Å². The van der Waals surface area contributed by atoms with Crippen molar-refractivity contribution in [2.24, 2.45) is 0 Å². The average molecular weight is 477 g/mol. The van der Waals surface area contributed by atoms with E-state index in [0.717, 1.165) is 31.6 Å². The second-order valence-electron chi connectivity index (χ2n) is 8.44. The van der Waals surface area contributed by atoms with Crippen LogP contribution >= 0.6 is 11.8 Å². The number of nitrogens with zero attached hydrogens (tertiary/aromatic N) is 2. The summed E-state index contributed by atoms with van der Waals surface area (Å²) >= 11 is 1.60. The van der Waals surface area contributed by atoms with E-state index in [1.165, 1.54) is 0 Å². The van der Waals surface area contributed by atoms with E-state index in [1.54, 1.807) is 40.9 Å². The van der Waals surface area contributed by atoms with Crippen molar-refractivity contribution in [1.29, 1.82) is 0 Å². The molecule has 0 N–H and O–H groups in total. The van der Waals surface area contributed by atoms with Crippen molar-refractivity contribution < 1.29 is 14.4 Å². The van der Waals surface area contributed by atoms with Gasteiger partial charge in [0, 0.05) is 16.2 Å². The molecular weight excluding hydrogens is 456 g/mol. The maximum atomic E-state index is 14.4. The number of benzene rings is 4. The summed E-state index contributed by atoms with van der Waals surface area (Å²) in [6, 6.07) is 30.7.